The highest BCUT2D eigenvalue weighted by Gasteiger charge is 2.26. The summed E-state index contributed by atoms with van der Waals surface area (Å²) in [6.07, 6.45) is 2.11. The van der Waals surface area contributed by atoms with Crippen molar-refractivity contribution in [2.75, 3.05) is 0 Å². The van der Waals surface area contributed by atoms with Crippen LogP contribution in [-0.4, -0.2) is 9.55 Å². The molecule has 1 aliphatic carbocycles. The summed E-state index contributed by atoms with van der Waals surface area (Å²) in [5, 5.41) is 0. The van der Waals surface area contributed by atoms with Crippen molar-refractivity contribution >= 4 is 38.6 Å². The lowest BCUT2D eigenvalue weighted by Gasteiger charge is -2.15. The summed E-state index contributed by atoms with van der Waals surface area (Å²) in [5.41, 5.74) is 5.07. The highest BCUT2D eigenvalue weighted by Crippen LogP contribution is 2.34. The molecule has 4 rings (SSSR count). The minimum atomic E-state index is 0.412. The molecule has 0 bridgehead atoms. The number of alkyl halides is 1. The molecule has 4 heteroatoms. The van der Waals surface area contributed by atoms with Crippen LogP contribution in [0.15, 0.2) is 46.9 Å². The fourth-order valence-corrected chi connectivity index (χ4v) is 3.87. The van der Waals surface area contributed by atoms with E-state index in [4.69, 9.17) is 11.6 Å². The Morgan fingerprint density at radius 3 is 2.52 bits per heavy atom. The maximum absolute atomic E-state index is 6.14. The van der Waals surface area contributed by atoms with Gasteiger partial charge < -0.3 is 4.57 Å². The second-order valence-corrected chi connectivity index (χ2v) is 6.68. The predicted octanol–water partition coefficient (Wildman–Crippen LogP) is 4.88. The lowest BCUT2D eigenvalue weighted by atomic mass is 10.1. The molecule has 0 spiro atoms. The summed E-state index contributed by atoms with van der Waals surface area (Å²) in [7, 11) is 0. The molecule has 0 fully saturated rings. The third-order valence-corrected chi connectivity index (χ3v) is 4.97. The number of hydrogen-bond donors (Lipinski definition) is 0. The standard InChI is InChI=1S/C17H14BrClN2/c18-13-5-6-15-16(9-13)21(17(10-19)20-15)14-7-11-3-1-2-4-12(11)8-14/h1-6,9,14H,7-8,10H2. The molecule has 0 atom stereocenters. The van der Waals surface area contributed by atoms with E-state index in [0.29, 0.717) is 11.9 Å². The van der Waals surface area contributed by atoms with E-state index < -0.39 is 0 Å². The molecule has 106 valence electrons. The molecule has 0 saturated heterocycles. The minimum absolute atomic E-state index is 0.412. The molecule has 0 amide bonds. The van der Waals surface area contributed by atoms with Crippen molar-refractivity contribution in [3.05, 3.63) is 63.9 Å². The van der Waals surface area contributed by atoms with E-state index >= 15 is 0 Å². The average molecular weight is 362 g/mol. The first-order valence-corrected chi connectivity index (χ1v) is 8.38. The predicted molar refractivity (Wildman–Crippen MR) is 89.9 cm³/mol. The lowest BCUT2D eigenvalue weighted by Crippen LogP contribution is -2.11. The highest BCUT2D eigenvalue weighted by molar-refractivity contribution is 9.10. The molecule has 0 saturated carbocycles. The molecule has 0 N–H and O–H groups in total. The van der Waals surface area contributed by atoms with Crippen LogP contribution < -0.4 is 0 Å². The van der Waals surface area contributed by atoms with Gasteiger partial charge in [0, 0.05) is 10.5 Å². The average Bonchev–Trinajstić information content (AvgIpc) is 3.06. The molecular formula is C17H14BrClN2. The normalized spacial score (nSPS) is 14.8. The van der Waals surface area contributed by atoms with Crippen molar-refractivity contribution in [2.45, 2.75) is 24.8 Å². The number of rotatable bonds is 2. The molecule has 0 radical (unpaired) electrons. The Morgan fingerprint density at radius 2 is 1.86 bits per heavy atom. The van der Waals surface area contributed by atoms with Crippen LogP contribution in [0.1, 0.15) is 23.0 Å². The van der Waals surface area contributed by atoms with Gasteiger partial charge in [-0.3, -0.25) is 0 Å². The largest absolute Gasteiger partial charge is 0.323 e. The van der Waals surface area contributed by atoms with Crippen molar-refractivity contribution in [1.29, 1.82) is 0 Å². The van der Waals surface area contributed by atoms with Gasteiger partial charge in [0.05, 0.1) is 16.9 Å². The van der Waals surface area contributed by atoms with Crippen molar-refractivity contribution in [2.24, 2.45) is 0 Å². The van der Waals surface area contributed by atoms with Crippen LogP contribution in [0, 0.1) is 0 Å². The molecule has 1 aromatic heterocycles. The Labute approximate surface area is 136 Å². The van der Waals surface area contributed by atoms with Gasteiger partial charge in [0.25, 0.3) is 0 Å². The quantitative estimate of drug-likeness (QED) is 0.595. The van der Waals surface area contributed by atoms with Gasteiger partial charge in [-0.25, -0.2) is 4.98 Å². The minimum Gasteiger partial charge on any atom is -0.323 e. The van der Waals surface area contributed by atoms with E-state index in [-0.39, 0.29) is 0 Å². The van der Waals surface area contributed by atoms with E-state index in [0.717, 1.165) is 34.2 Å². The van der Waals surface area contributed by atoms with Gasteiger partial charge in [-0.2, -0.15) is 0 Å². The zero-order valence-electron chi connectivity index (χ0n) is 11.4. The number of hydrogen-bond acceptors (Lipinski definition) is 1. The van der Waals surface area contributed by atoms with E-state index in [9.17, 15) is 0 Å². The molecule has 1 aliphatic rings. The third kappa shape index (κ3) is 2.19. The molecule has 0 aliphatic heterocycles. The van der Waals surface area contributed by atoms with Crippen molar-refractivity contribution in [3.63, 3.8) is 0 Å². The second-order valence-electron chi connectivity index (χ2n) is 5.50. The number of halogens is 2. The third-order valence-electron chi connectivity index (χ3n) is 4.24. The SMILES string of the molecule is ClCc1nc2ccc(Br)cc2n1C1Cc2ccccc2C1. The van der Waals surface area contributed by atoms with Gasteiger partial charge in [0.15, 0.2) is 0 Å². The van der Waals surface area contributed by atoms with Crippen LogP contribution in [0.3, 0.4) is 0 Å². The summed E-state index contributed by atoms with van der Waals surface area (Å²) in [5.74, 6) is 1.40. The number of nitrogens with zero attached hydrogens (tertiary/aromatic N) is 2. The van der Waals surface area contributed by atoms with Gasteiger partial charge >= 0.3 is 0 Å². The Bertz CT molecular complexity index is 800. The molecule has 2 nitrogen and oxygen atoms in total. The van der Waals surface area contributed by atoms with Crippen LogP contribution in [0.5, 0.6) is 0 Å². The van der Waals surface area contributed by atoms with Gasteiger partial charge in [-0.15, -0.1) is 11.6 Å². The van der Waals surface area contributed by atoms with E-state index in [1.807, 2.05) is 12.1 Å². The van der Waals surface area contributed by atoms with Crippen molar-refractivity contribution in [3.8, 4) is 0 Å². The Morgan fingerprint density at radius 1 is 1.14 bits per heavy atom. The number of fused-ring (bicyclic) bond motifs is 2. The van der Waals surface area contributed by atoms with Crippen LogP contribution in [0.2, 0.25) is 0 Å². The first-order chi connectivity index (χ1) is 10.3. The summed E-state index contributed by atoms with van der Waals surface area (Å²) in [6, 6.07) is 15.3. The van der Waals surface area contributed by atoms with Crippen molar-refractivity contribution < 1.29 is 0 Å². The zero-order chi connectivity index (χ0) is 14.4. The fourth-order valence-electron chi connectivity index (χ4n) is 3.34. The second kappa shape index (κ2) is 5.15. The summed E-state index contributed by atoms with van der Waals surface area (Å²) < 4.78 is 3.40. The Kier molecular flexibility index (Phi) is 3.27. The highest BCUT2D eigenvalue weighted by atomic mass is 79.9. The van der Waals surface area contributed by atoms with Crippen LogP contribution >= 0.6 is 27.5 Å². The topological polar surface area (TPSA) is 17.8 Å². The van der Waals surface area contributed by atoms with E-state index in [1.54, 1.807) is 0 Å². The smallest absolute Gasteiger partial charge is 0.125 e. The summed E-state index contributed by atoms with van der Waals surface area (Å²) in [6.45, 7) is 0. The summed E-state index contributed by atoms with van der Waals surface area (Å²) in [4.78, 5) is 4.69. The molecule has 0 unspecified atom stereocenters. The maximum Gasteiger partial charge on any atom is 0.125 e. The van der Waals surface area contributed by atoms with Gasteiger partial charge in [-0.1, -0.05) is 40.2 Å². The van der Waals surface area contributed by atoms with Crippen molar-refractivity contribution in [1.82, 2.24) is 9.55 Å². The van der Waals surface area contributed by atoms with Gasteiger partial charge in [0.1, 0.15) is 5.82 Å². The zero-order valence-corrected chi connectivity index (χ0v) is 13.7. The molecule has 21 heavy (non-hydrogen) atoms. The van der Waals surface area contributed by atoms with E-state index in [1.165, 1.54) is 11.1 Å². The van der Waals surface area contributed by atoms with Crippen LogP contribution in [0.25, 0.3) is 11.0 Å². The lowest BCUT2D eigenvalue weighted by molar-refractivity contribution is 0.528. The van der Waals surface area contributed by atoms with Crippen LogP contribution in [-0.2, 0) is 18.7 Å². The number of imidazole rings is 1. The summed E-state index contributed by atoms with van der Waals surface area (Å²) >= 11 is 9.70. The first kappa shape index (κ1) is 13.4. The van der Waals surface area contributed by atoms with E-state index in [2.05, 4.69) is 55.8 Å². The molecule has 3 aromatic rings. The van der Waals surface area contributed by atoms with Crippen LogP contribution in [0.4, 0.5) is 0 Å². The fraction of sp³-hybridized carbons (Fsp3) is 0.235. The monoisotopic (exact) mass is 360 g/mol. The van der Waals surface area contributed by atoms with Gasteiger partial charge in [-0.05, 0) is 42.2 Å². The Hall–Kier alpha value is -1.32. The molecular weight excluding hydrogens is 348 g/mol. The number of benzene rings is 2. The maximum atomic E-state index is 6.14. The first-order valence-electron chi connectivity index (χ1n) is 7.05. The molecule has 1 heterocycles. The molecule has 2 aromatic carbocycles. The Balaban J connectivity index is 1.85. The number of aromatic nitrogens is 2. The van der Waals surface area contributed by atoms with Gasteiger partial charge in [0.2, 0.25) is 0 Å².